The summed E-state index contributed by atoms with van der Waals surface area (Å²) in [5, 5.41) is 4.05. The number of anilines is 1. The first-order chi connectivity index (χ1) is 13.2. The summed E-state index contributed by atoms with van der Waals surface area (Å²) >= 11 is 0. The second kappa shape index (κ2) is 9.21. The number of hydrazone groups is 1. The molecule has 1 atom stereocenters. The van der Waals surface area contributed by atoms with Crippen LogP contribution in [-0.4, -0.2) is 31.3 Å². The zero-order chi connectivity index (χ0) is 19.1. The summed E-state index contributed by atoms with van der Waals surface area (Å²) in [4.78, 5) is 14.6. The van der Waals surface area contributed by atoms with Gasteiger partial charge in [-0.2, -0.15) is 5.10 Å². The van der Waals surface area contributed by atoms with Gasteiger partial charge in [0.2, 0.25) is 0 Å². The minimum Gasteiger partial charge on any atom is -0.491 e. The van der Waals surface area contributed by atoms with E-state index in [-0.39, 0.29) is 12.0 Å². The summed E-state index contributed by atoms with van der Waals surface area (Å²) in [6.07, 6.45) is 5.27. The Hall–Kier alpha value is -2.82. The van der Waals surface area contributed by atoms with Gasteiger partial charge in [-0.25, -0.2) is 5.43 Å². The lowest BCUT2D eigenvalue weighted by Crippen LogP contribution is -2.19. The minimum atomic E-state index is -0.212. The van der Waals surface area contributed by atoms with E-state index in [4.69, 9.17) is 4.74 Å². The normalized spacial score (nSPS) is 15.1. The Balaban J connectivity index is 1.52. The van der Waals surface area contributed by atoms with Crippen LogP contribution >= 0.6 is 0 Å². The Kier molecular flexibility index (Phi) is 6.47. The molecule has 1 N–H and O–H groups in total. The van der Waals surface area contributed by atoms with Gasteiger partial charge in [-0.15, -0.1) is 0 Å². The van der Waals surface area contributed by atoms with Crippen molar-refractivity contribution >= 4 is 17.8 Å². The lowest BCUT2D eigenvalue weighted by molar-refractivity contribution is 0.0955. The summed E-state index contributed by atoms with van der Waals surface area (Å²) < 4.78 is 5.75. The zero-order valence-corrected chi connectivity index (χ0v) is 16.0. The molecule has 0 aromatic heterocycles. The molecular formula is C22H27N3O2. The maximum Gasteiger partial charge on any atom is 0.271 e. The molecular weight excluding hydrogens is 338 g/mol. The van der Waals surface area contributed by atoms with Crippen LogP contribution in [0.5, 0.6) is 5.75 Å². The zero-order valence-electron chi connectivity index (χ0n) is 16.0. The largest absolute Gasteiger partial charge is 0.491 e. The molecule has 1 amide bonds. The highest BCUT2D eigenvalue weighted by Gasteiger charge is 2.12. The number of hydrogen-bond acceptors (Lipinski definition) is 4. The van der Waals surface area contributed by atoms with Crippen LogP contribution < -0.4 is 15.1 Å². The van der Waals surface area contributed by atoms with Gasteiger partial charge in [0.25, 0.3) is 5.91 Å². The molecule has 1 heterocycles. The molecule has 0 bridgehead atoms. The van der Waals surface area contributed by atoms with Crippen molar-refractivity contribution in [3.05, 3.63) is 59.7 Å². The highest BCUT2D eigenvalue weighted by molar-refractivity contribution is 5.95. The Morgan fingerprint density at radius 2 is 1.81 bits per heavy atom. The fraction of sp³-hybridized carbons (Fsp3) is 0.364. The van der Waals surface area contributed by atoms with Crippen molar-refractivity contribution in [2.24, 2.45) is 5.10 Å². The first-order valence-electron chi connectivity index (χ1n) is 9.61. The first kappa shape index (κ1) is 19.0. The second-order valence-electron chi connectivity index (χ2n) is 6.85. The van der Waals surface area contributed by atoms with Crippen molar-refractivity contribution in [1.29, 1.82) is 0 Å². The molecule has 27 heavy (non-hydrogen) atoms. The van der Waals surface area contributed by atoms with Crippen LogP contribution in [0.15, 0.2) is 53.6 Å². The van der Waals surface area contributed by atoms with Gasteiger partial charge in [0, 0.05) is 24.3 Å². The number of rotatable bonds is 7. The first-order valence-corrected chi connectivity index (χ1v) is 9.61. The predicted molar refractivity (Wildman–Crippen MR) is 110 cm³/mol. The average molecular weight is 365 g/mol. The van der Waals surface area contributed by atoms with Crippen LogP contribution in [0.3, 0.4) is 0 Å². The topological polar surface area (TPSA) is 53.9 Å². The quantitative estimate of drug-likeness (QED) is 0.590. The number of benzene rings is 2. The number of amides is 1. The van der Waals surface area contributed by atoms with Gasteiger partial charge >= 0.3 is 0 Å². The number of carbonyl (C=O) groups is 1. The summed E-state index contributed by atoms with van der Waals surface area (Å²) in [6, 6.07) is 15.3. The predicted octanol–water partition coefficient (Wildman–Crippen LogP) is 4.23. The van der Waals surface area contributed by atoms with E-state index in [1.54, 1.807) is 6.21 Å². The molecule has 142 valence electrons. The highest BCUT2D eigenvalue weighted by atomic mass is 16.5. The molecule has 0 aliphatic carbocycles. The van der Waals surface area contributed by atoms with Crippen LogP contribution in [0.2, 0.25) is 0 Å². The van der Waals surface area contributed by atoms with Crippen molar-refractivity contribution < 1.29 is 9.53 Å². The fourth-order valence-electron chi connectivity index (χ4n) is 2.98. The molecule has 0 unspecified atom stereocenters. The molecule has 2 aromatic rings. The smallest absolute Gasteiger partial charge is 0.271 e. The number of carbonyl (C=O) groups excluding carboxylic acids is 1. The van der Waals surface area contributed by atoms with Gasteiger partial charge in [-0.05, 0) is 80.3 Å². The van der Waals surface area contributed by atoms with Crippen molar-refractivity contribution in [3.8, 4) is 5.75 Å². The van der Waals surface area contributed by atoms with Gasteiger partial charge in [-0.1, -0.05) is 6.92 Å². The Morgan fingerprint density at radius 1 is 1.15 bits per heavy atom. The Morgan fingerprint density at radius 3 is 2.44 bits per heavy atom. The van der Waals surface area contributed by atoms with Crippen LogP contribution in [0.1, 0.15) is 49.0 Å². The SMILES string of the molecule is CC[C@@H](C)Oc1ccc(/C=N\NC(=O)c2ccc(N3CCCC3)cc2)cc1. The number of ether oxygens (including phenoxy) is 1. The van der Waals surface area contributed by atoms with E-state index in [0.29, 0.717) is 5.56 Å². The molecule has 1 aliphatic rings. The number of hydrogen-bond donors (Lipinski definition) is 1. The van der Waals surface area contributed by atoms with Gasteiger partial charge in [0.05, 0.1) is 12.3 Å². The summed E-state index contributed by atoms with van der Waals surface area (Å²) in [5.74, 6) is 0.625. The van der Waals surface area contributed by atoms with Gasteiger partial charge in [0.1, 0.15) is 5.75 Å². The van der Waals surface area contributed by atoms with Crippen molar-refractivity contribution in [1.82, 2.24) is 5.43 Å². The van der Waals surface area contributed by atoms with E-state index in [1.807, 2.05) is 55.5 Å². The Labute approximate surface area is 161 Å². The monoisotopic (exact) mass is 365 g/mol. The van der Waals surface area contributed by atoms with E-state index in [0.717, 1.165) is 30.8 Å². The maximum atomic E-state index is 12.2. The summed E-state index contributed by atoms with van der Waals surface area (Å²) in [5.41, 5.74) is 5.25. The summed E-state index contributed by atoms with van der Waals surface area (Å²) in [7, 11) is 0. The minimum absolute atomic E-state index is 0.195. The van der Waals surface area contributed by atoms with Crippen molar-refractivity contribution in [2.75, 3.05) is 18.0 Å². The van der Waals surface area contributed by atoms with E-state index in [2.05, 4.69) is 22.4 Å². The Bertz CT molecular complexity index is 763. The van der Waals surface area contributed by atoms with Crippen LogP contribution in [0.4, 0.5) is 5.69 Å². The van der Waals surface area contributed by atoms with Crippen LogP contribution in [-0.2, 0) is 0 Å². The fourth-order valence-corrected chi connectivity index (χ4v) is 2.98. The maximum absolute atomic E-state index is 12.2. The van der Waals surface area contributed by atoms with E-state index in [1.165, 1.54) is 18.5 Å². The van der Waals surface area contributed by atoms with E-state index < -0.39 is 0 Å². The van der Waals surface area contributed by atoms with Gasteiger partial charge in [0.15, 0.2) is 0 Å². The third-order valence-corrected chi connectivity index (χ3v) is 4.77. The molecule has 1 aliphatic heterocycles. The average Bonchev–Trinajstić information content (AvgIpc) is 3.24. The lowest BCUT2D eigenvalue weighted by Gasteiger charge is -2.17. The molecule has 5 heteroatoms. The standard InChI is InChI=1S/C22H27N3O2/c1-3-17(2)27-21-12-6-18(7-13-21)16-23-24-22(26)19-8-10-20(11-9-19)25-14-4-5-15-25/h6-13,16-17H,3-5,14-15H2,1-2H3,(H,24,26)/b23-16-/t17-/m1/s1. The molecule has 0 saturated carbocycles. The van der Waals surface area contributed by atoms with Gasteiger partial charge in [-0.3, -0.25) is 4.79 Å². The molecule has 5 nitrogen and oxygen atoms in total. The van der Waals surface area contributed by atoms with E-state index >= 15 is 0 Å². The highest BCUT2D eigenvalue weighted by Crippen LogP contribution is 2.20. The number of nitrogens with zero attached hydrogens (tertiary/aromatic N) is 2. The molecule has 2 aromatic carbocycles. The molecule has 1 saturated heterocycles. The second-order valence-corrected chi connectivity index (χ2v) is 6.85. The molecule has 1 fully saturated rings. The lowest BCUT2D eigenvalue weighted by atomic mass is 10.2. The summed E-state index contributed by atoms with van der Waals surface area (Å²) in [6.45, 7) is 6.32. The molecule has 0 radical (unpaired) electrons. The molecule has 3 rings (SSSR count). The van der Waals surface area contributed by atoms with Crippen LogP contribution in [0.25, 0.3) is 0 Å². The van der Waals surface area contributed by atoms with Crippen molar-refractivity contribution in [2.45, 2.75) is 39.2 Å². The van der Waals surface area contributed by atoms with Crippen molar-refractivity contribution in [3.63, 3.8) is 0 Å². The van der Waals surface area contributed by atoms with E-state index in [9.17, 15) is 4.79 Å². The number of nitrogens with one attached hydrogen (secondary N) is 1. The third kappa shape index (κ3) is 5.33. The third-order valence-electron chi connectivity index (χ3n) is 4.77. The van der Waals surface area contributed by atoms with Crippen LogP contribution in [0, 0.1) is 0 Å². The molecule has 0 spiro atoms. The van der Waals surface area contributed by atoms with Gasteiger partial charge < -0.3 is 9.64 Å².